The molecule has 6 nitrogen and oxygen atoms in total. The van der Waals surface area contributed by atoms with Crippen LogP contribution in [0, 0.1) is 0 Å². The number of amides is 1. The highest BCUT2D eigenvalue weighted by Gasteiger charge is 2.30. The average molecular weight is 335 g/mol. The van der Waals surface area contributed by atoms with Crippen molar-refractivity contribution >= 4 is 21.3 Å². The first-order valence-corrected chi connectivity index (χ1v) is 9.80. The van der Waals surface area contributed by atoms with E-state index in [1.165, 1.54) is 4.40 Å². The van der Waals surface area contributed by atoms with Crippen molar-refractivity contribution in [3.8, 4) is 0 Å². The van der Waals surface area contributed by atoms with Crippen molar-refractivity contribution in [2.45, 2.75) is 43.8 Å². The smallest absolute Gasteiger partial charge is 0.275 e. The standard InChI is InChI=1S/C16H21N3O3S/c1-3-12-8-4-6-10-18(12)15(20)14-13-9-5-7-11-19(13)16(17-14)23(2,21)22/h5,7,9,11-12H,3-4,6,8,10H2,1-2H3/t12-/m0/s1. The van der Waals surface area contributed by atoms with E-state index >= 15 is 0 Å². The van der Waals surface area contributed by atoms with Gasteiger partial charge in [-0.2, -0.15) is 0 Å². The first-order chi connectivity index (χ1) is 10.9. The van der Waals surface area contributed by atoms with Gasteiger partial charge < -0.3 is 4.90 Å². The van der Waals surface area contributed by atoms with Crippen molar-refractivity contribution < 1.29 is 13.2 Å². The molecule has 124 valence electrons. The van der Waals surface area contributed by atoms with Gasteiger partial charge in [-0.1, -0.05) is 13.0 Å². The average Bonchev–Trinajstić information content (AvgIpc) is 2.94. The van der Waals surface area contributed by atoms with Gasteiger partial charge in [0, 0.05) is 25.0 Å². The van der Waals surface area contributed by atoms with Crippen LogP contribution < -0.4 is 0 Å². The third kappa shape index (κ3) is 2.85. The molecule has 1 aliphatic heterocycles. The van der Waals surface area contributed by atoms with E-state index < -0.39 is 9.84 Å². The Labute approximate surface area is 136 Å². The summed E-state index contributed by atoms with van der Waals surface area (Å²) >= 11 is 0. The number of rotatable bonds is 3. The van der Waals surface area contributed by atoms with E-state index in [0.29, 0.717) is 12.1 Å². The number of imidazole rings is 1. The second kappa shape index (κ2) is 5.96. The summed E-state index contributed by atoms with van der Waals surface area (Å²) in [7, 11) is -3.51. The van der Waals surface area contributed by atoms with Crippen LogP contribution in [0.25, 0.3) is 5.52 Å². The number of hydrogen-bond donors (Lipinski definition) is 0. The van der Waals surface area contributed by atoms with Crippen LogP contribution in [0.2, 0.25) is 0 Å². The quantitative estimate of drug-likeness (QED) is 0.861. The Morgan fingerprint density at radius 3 is 2.83 bits per heavy atom. The molecule has 2 aromatic rings. The fraction of sp³-hybridized carbons (Fsp3) is 0.500. The van der Waals surface area contributed by atoms with Crippen LogP contribution >= 0.6 is 0 Å². The molecule has 0 unspecified atom stereocenters. The molecule has 2 aromatic heterocycles. The first kappa shape index (κ1) is 16.0. The Morgan fingerprint density at radius 1 is 1.35 bits per heavy atom. The molecular formula is C16H21N3O3S. The highest BCUT2D eigenvalue weighted by Crippen LogP contribution is 2.24. The van der Waals surface area contributed by atoms with Gasteiger partial charge in [0.15, 0.2) is 5.69 Å². The normalized spacial score (nSPS) is 19.2. The predicted molar refractivity (Wildman–Crippen MR) is 87.3 cm³/mol. The fourth-order valence-corrected chi connectivity index (χ4v) is 4.03. The second-order valence-corrected chi connectivity index (χ2v) is 7.94. The van der Waals surface area contributed by atoms with Gasteiger partial charge in [0.25, 0.3) is 5.91 Å². The Hall–Kier alpha value is -1.89. The van der Waals surface area contributed by atoms with Crippen molar-refractivity contribution in [2.75, 3.05) is 12.8 Å². The summed E-state index contributed by atoms with van der Waals surface area (Å²) in [4.78, 5) is 19.0. The van der Waals surface area contributed by atoms with Crippen LogP contribution in [-0.4, -0.2) is 47.5 Å². The lowest BCUT2D eigenvalue weighted by Gasteiger charge is -2.34. The number of pyridine rings is 1. The Kier molecular flexibility index (Phi) is 4.14. The van der Waals surface area contributed by atoms with E-state index in [4.69, 9.17) is 0 Å². The summed E-state index contributed by atoms with van der Waals surface area (Å²) in [6, 6.07) is 5.46. The van der Waals surface area contributed by atoms with Gasteiger partial charge in [-0.05, 0) is 37.8 Å². The van der Waals surface area contributed by atoms with Crippen LogP contribution in [0.15, 0.2) is 29.6 Å². The van der Waals surface area contributed by atoms with Crippen molar-refractivity contribution in [1.29, 1.82) is 0 Å². The SMILES string of the molecule is CC[C@H]1CCCCN1C(=O)c1nc(S(C)(=O)=O)n2ccccc12. The predicted octanol–water partition coefficient (Wildman–Crippen LogP) is 2.14. The van der Waals surface area contributed by atoms with E-state index in [-0.39, 0.29) is 22.8 Å². The zero-order valence-electron chi connectivity index (χ0n) is 13.4. The number of nitrogens with zero attached hydrogens (tertiary/aromatic N) is 3. The summed E-state index contributed by atoms with van der Waals surface area (Å²) in [6.07, 6.45) is 6.74. The Balaban J connectivity index is 2.11. The zero-order chi connectivity index (χ0) is 16.6. The molecular weight excluding hydrogens is 314 g/mol. The molecule has 0 aromatic carbocycles. The summed E-state index contributed by atoms with van der Waals surface area (Å²) in [5.74, 6) is -0.171. The molecule has 0 saturated carbocycles. The number of fused-ring (bicyclic) bond motifs is 1. The van der Waals surface area contributed by atoms with Crippen molar-refractivity contribution in [2.24, 2.45) is 0 Å². The van der Waals surface area contributed by atoms with Crippen LogP contribution in [0.3, 0.4) is 0 Å². The van der Waals surface area contributed by atoms with Gasteiger partial charge in [-0.3, -0.25) is 9.20 Å². The minimum Gasteiger partial charge on any atom is -0.334 e. The molecule has 0 N–H and O–H groups in total. The molecule has 0 radical (unpaired) electrons. The van der Waals surface area contributed by atoms with Gasteiger partial charge >= 0.3 is 0 Å². The lowest BCUT2D eigenvalue weighted by Crippen LogP contribution is -2.43. The molecule has 1 saturated heterocycles. The van der Waals surface area contributed by atoms with Crippen molar-refractivity contribution in [1.82, 2.24) is 14.3 Å². The van der Waals surface area contributed by atoms with Gasteiger partial charge in [-0.25, -0.2) is 13.4 Å². The molecule has 0 spiro atoms. The largest absolute Gasteiger partial charge is 0.334 e. The van der Waals surface area contributed by atoms with E-state index in [0.717, 1.165) is 31.9 Å². The Bertz CT molecular complexity index is 841. The first-order valence-electron chi connectivity index (χ1n) is 7.91. The molecule has 1 fully saturated rings. The van der Waals surface area contributed by atoms with Gasteiger partial charge in [-0.15, -0.1) is 0 Å². The van der Waals surface area contributed by atoms with Gasteiger partial charge in [0.1, 0.15) is 0 Å². The number of hydrogen-bond acceptors (Lipinski definition) is 4. The maximum absolute atomic E-state index is 13.0. The number of sulfone groups is 1. The molecule has 3 heterocycles. The minimum atomic E-state index is -3.51. The lowest BCUT2D eigenvalue weighted by atomic mass is 9.99. The summed E-state index contributed by atoms with van der Waals surface area (Å²) in [5, 5.41) is -0.0819. The number of carbonyl (C=O) groups excluding carboxylic acids is 1. The third-order valence-electron chi connectivity index (χ3n) is 4.41. The number of piperidine rings is 1. The fourth-order valence-electron chi connectivity index (χ4n) is 3.26. The monoisotopic (exact) mass is 335 g/mol. The van der Waals surface area contributed by atoms with Crippen molar-refractivity contribution in [3.05, 3.63) is 30.1 Å². The summed E-state index contributed by atoms with van der Waals surface area (Å²) in [5.41, 5.74) is 0.768. The maximum Gasteiger partial charge on any atom is 0.275 e. The topological polar surface area (TPSA) is 71.8 Å². The molecule has 0 bridgehead atoms. The third-order valence-corrected chi connectivity index (χ3v) is 5.36. The Morgan fingerprint density at radius 2 is 2.13 bits per heavy atom. The molecule has 23 heavy (non-hydrogen) atoms. The van der Waals surface area contributed by atoms with Gasteiger partial charge in [0.2, 0.25) is 15.0 Å². The van der Waals surface area contributed by atoms with Crippen LogP contribution in [0.4, 0.5) is 0 Å². The van der Waals surface area contributed by atoms with E-state index in [1.807, 2.05) is 4.90 Å². The van der Waals surface area contributed by atoms with E-state index in [1.54, 1.807) is 24.4 Å². The van der Waals surface area contributed by atoms with Crippen LogP contribution in [-0.2, 0) is 9.84 Å². The number of likely N-dealkylation sites (tertiary alicyclic amines) is 1. The van der Waals surface area contributed by atoms with Crippen LogP contribution in [0.5, 0.6) is 0 Å². The second-order valence-electron chi connectivity index (χ2n) is 6.03. The van der Waals surface area contributed by atoms with E-state index in [2.05, 4.69) is 11.9 Å². The van der Waals surface area contributed by atoms with Crippen molar-refractivity contribution in [3.63, 3.8) is 0 Å². The lowest BCUT2D eigenvalue weighted by molar-refractivity contribution is 0.0604. The van der Waals surface area contributed by atoms with E-state index in [9.17, 15) is 13.2 Å². The highest BCUT2D eigenvalue weighted by atomic mass is 32.2. The molecule has 1 aliphatic rings. The molecule has 0 aliphatic carbocycles. The summed E-state index contributed by atoms with van der Waals surface area (Å²) < 4.78 is 25.4. The summed E-state index contributed by atoms with van der Waals surface area (Å²) in [6.45, 7) is 2.78. The van der Waals surface area contributed by atoms with Crippen LogP contribution in [0.1, 0.15) is 43.1 Å². The molecule has 7 heteroatoms. The van der Waals surface area contributed by atoms with Gasteiger partial charge in [0.05, 0.1) is 5.52 Å². The number of carbonyl (C=O) groups is 1. The molecule has 1 amide bonds. The highest BCUT2D eigenvalue weighted by molar-refractivity contribution is 7.90. The molecule has 3 rings (SSSR count). The zero-order valence-corrected chi connectivity index (χ0v) is 14.2. The maximum atomic E-state index is 13.0. The minimum absolute atomic E-state index is 0.0819. The number of aromatic nitrogens is 2. The molecule has 1 atom stereocenters.